The second-order valence-electron chi connectivity index (χ2n) is 4.81. The number of nitrogens with zero attached hydrogens (tertiary/aromatic N) is 1. The molecule has 0 aliphatic carbocycles. The van der Waals surface area contributed by atoms with Gasteiger partial charge in [-0.25, -0.2) is 4.98 Å². The summed E-state index contributed by atoms with van der Waals surface area (Å²) in [7, 11) is 1.67. The lowest BCUT2D eigenvalue weighted by molar-refractivity contribution is 0.0641. The van der Waals surface area contributed by atoms with Gasteiger partial charge in [0.15, 0.2) is 0 Å². The lowest BCUT2D eigenvalue weighted by Crippen LogP contribution is -2.22. The molecule has 20 heavy (non-hydrogen) atoms. The van der Waals surface area contributed by atoms with Gasteiger partial charge in [-0.05, 0) is 6.07 Å². The van der Waals surface area contributed by atoms with Crippen LogP contribution in [-0.2, 0) is 16.0 Å². The highest BCUT2D eigenvalue weighted by atomic mass is 16.5. The van der Waals surface area contributed by atoms with Gasteiger partial charge in [-0.1, -0.05) is 19.9 Å². The van der Waals surface area contributed by atoms with Crippen molar-refractivity contribution < 1.29 is 14.2 Å². The fourth-order valence-corrected chi connectivity index (χ4v) is 1.58. The van der Waals surface area contributed by atoms with Crippen molar-refractivity contribution in [3.8, 4) is 5.88 Å². The zero-order valence-corrected chi connectivity index (χ0v) is 12.7. The molecule has 0 fully saturated rings. The second-order valence-corrected chi connectivity index (χ2v) is 4.81. The molecule has 0 saturated heterocycles. The molecular weight excluding hydrogens is 256 g/mol. The minimum atomic E-state index is 0.442. The first-order valence-corrected chi connectivity index (χ1v) is 7.10. The number of hydrogen-bond acceptors (Lipinski definition) is 5. The van der Waals surface area contributed by atoms with Gasteiger partial charge < -0.3 is 19.5 Å². The average molecular weight is 282 g/mol. The zero-order chi connectivity index (χ0) is 14.6. The molecule has 5 heteroatoms. The van der Waals surface area contributed by atoms with E-state index in [9.17, 15) is 0 Å². The smallest absolute Gasteiger partial charge is 0.217 e. The van der Waals surface area contributed by atoms with Gasteiger partial charge in [-0.15, -0.1) is 0 Å². The van der Waals surface area contributed by atoms with Crippen LogP contribution < -0.4 is 10.1 Å². The molecule has 1 N–H and O–H groups in total. The van der Waals surface area contributed by atoms with Crippen LogP contribution in [0.2, 0.25) is 0 Å². The first-order valence-electron chi connectivity index (χ1n) is 7.10. The van der Waals surface area contributed by atoms with Gasteiger partial charge in [0.05, 0.1) is 19.8 Å². The van der Waals surface area contributed by atoms with Crippen molar-refractivity contribution in [3.63, 3.8) is 0 Å². The third kappa shape index (κ3) is 7.43. The van der Waals surface area contributed by atoms with E-state index in [1.807, 2.05) is 12.1 Å². The van der Waals surface area contributed by atoms with Crippen LogP contribution in [0.4, 0.5) is 0 Å². The number of rotatable bonds is 11. The molecule has 0 amide bonds. The number of methoxy groups -OCH3 is 1. The minimum Gasteiger partial charge on any atom is -0.477 e. The van der Waals surface area contributed by atoms with Gasteiger partial charge in [0.2, 0.25) is 5.88 Å². The van der Waals surface area contributed by atoms with Crippen molar-refractivity contribution in [1.29, 1.82) is 0 Å². The van der Waals surface area contributed by atoms with Crippen LogP contribution in [0.1, 0.15) is 25.8 Å². The predicted octanol–water partition coefficient (Wildman–Crippen LogP) is 2.01. The third-order valence-corrected chi connectivity index (χ3v) is 2.65. The molecular formula is C15H26N2O3. The van der Waals surface area contributed by atoms with E-state index in [2.05, 4.69) is 24.1 Å². The SMILES string of the molecule is COCCOCCCOc1ncccc1CNC(C)C. The molecule has 1 aromatic rings. The summed E-state index contributed by atoms with van der Waals surface area (Å²) in [5.74, 6) is 0.706. The standard InChI is InChI=1S/C15H26N2O3/c1-13(2)17-12-14-6-4-7-16-15(14)20-9-5-8-19-11-10-18-3/h4,6-7,13,17H,5,8-12H2,1-3H3. The van der Waals surface area contributed by atoms with Crippen molar-refractivity contribution in [1.82, 2.24) is 10.3 Å². The molecule has 0 bridgehead atoms. The highest BCUT2D eigenvalue weighted by Gasteiger charge is 2.05. The predicted molar refractivity (Wildman–Crippen MR) is 79.0 cm³/mol. The van der Waals surface area contributed by atoms with Gasteiger partial charge in [0.1, 0.15) is 0 Å². The minimum absolute atomic E-state index is 0.442. The van der Waals surface area contributed by atoms with Crippen molar-refractivity contribution in [2.45, 2.75) is 32.9 Å². The Bertz CT molecular complexity index is 359. The molecule has 0 aliphatic heterocycles. The van der Waals surface area contributed by atoms with E-state index in [1.54, 1.807) is 13.3 Å². The molecule has 1 rings (SSSR count). The quantitative estimate of drug-likeness (QED) is 0.629. The Hall–Kier alpha value is -1.17. The number of aromatic nitrogens is 1. The molecule has 0 radical (unpaired) electrons. The van der Waals surface area contributed by atoms with E-state index >= 15 is 0 Å². The normalized spacial score (nSPS) is 11.0. The second kappa shape index (κ2) is 10.6. The maximum absolute atomic E-state index is 5.71. The van der Waals surface area contributed by atoms with Gasteiger partial charge >= 0.3 is 0 Å². The number of ether oxygens (including phenoxy) is 3. The maximum atomic E-state index is 5.71. The zero-order valence-electron chi connectivity index (χ0n) is 12.7. The molecule has 0 atom stereocenters. The largest absolute Gasteiger partial charge is 0.477 e. The van der Waals surface area contributed by atoms with Crippen molar-refractivity contribution in [2.75, 3.05) is 33.5 Å². The first kappa shape index (κ1) is 16.9. The fraction of sp³-hybridized carbons (Fsp3) is 0.667. The van der Waals surface area contributed by atoms with Gasteiger partial charge in [0.25, 0.3) is 0 Å². The fourth-order valence-electron chi connectivity index (χ4n) is 1.58. The molecule has 1 heterocycles. The Balaban J connectivity index is 2.25. The van der Waals surface area contributed by atoms with Crippen LogP contribution in [0.25, 0.3) is 0 Å². The summed E-state index contributed by atoms with van der Waals surface area (Å²) in [5, 5.41) is 3.37. The Kier molecular flexibility index (Phi) is 8.95. The highest BCUT2D eigenvalue weighted by Crippen LogP contribution is 2.14. The van der Waals surface area contributed by atoms with E-state index in [4.69, 9.17) is 14.2 Å². The Morgan fingerprint density at radius 3 is 2.80 bits per heavy atom. The molecule has 0 aliphatic rings. The first-order chi connectivity index (χ1) is 9.74. The lowest BCUT2D eigenvalue weighted by Gasteiger charge is -2.12. The van der Waals surface area contributed by atoms with Crippen molar-refractivity contribution in [3.05, 3.63) is 23.9 Å². The summed E-state index contributed by atoms with van der Waals surface area (Å²) in [6.07, 6.45) is 2.60. The van der Waals surface area contributed by atoms with Crippen LogP contribution in [0.3, 0.4) is 0 Å². The van der Waals surface area contributed by atoms with E-state index in [1.165, 1.54) is 0 Å². The molecule has 0 spiro atoms. The van der Waals surface area contributed by atoms with Crippen LogP contribution in [0, 0.1) is 0 Å². The number of nitrogens with one attached hydrogen (secondary N) is 1. The summed E-state index contributed by atoms with van der Waals surface area (Å²) in [6.45, 7) is 7.55. The van der Waals surface area contributed by atoms with Gasteiger partial charge in [-0.3, -0.25) is 0 Å². The number of pyridine rings is 1. The lowest BCUT2D eigenvalue weighted by atomic mass is 10.2. The van der Waals surface area contributed by atoms with Crippen LogP contribution >= 0.6 is 0 Å². The Morgan fingerprint density at radius 2 is 2.05 bits per heavy atom. The summed E-state index contributed by atoms with van der Waals surface area (Å²) in [5.41, 5.74) is 1.08. The molecule has 114 valence electrons. The third-order valence-electron chi connectivity index (χ3n) is 2.65. The molecule has 1 aromatic heterocycles. The van der Waals surface area contributed by atoms with E-state index < -0.39 is 0 Å². The van der Waals surface area contributed by atoms with Crippen molar-refractivity contribution in [2.24, 2.45) is 0 Å². The van der Waals surface area contributed by atoms with E-state index in [0.717, 1.165) is 18.5 Å². The monoisotopic (exact) mass is 282 g/mol. The summed E-state index contributed by atoms with van der Waals surface area (Å²) >= 11 is 0. The van der Waals surface area contributed by atoms with Gasteiger partial charge in [0, 0.05) is 44.5 Å². The highest BCUT2D eigenvalue weighted by molar-refractivity contribution is 5.25. The van der Waals surface area contributed by atoms with Gasteiger partial charge in [-0.2, -0.15) is 0 Å². The maximum Gasteiger partial charge on any atom is 0.217 e. The summed E-state index contributed by atoms with van der Waals surface area (Å²) in [6, 6.07) is 4.41. The Morgan fingerprint density at radius 1 is 1.20 bits per heavy atom. The molecule has 5 nitrogen and oxygen atoms in total. The van der Waals surface area contributed by atoms with Crippen LogP contribution in [0.15, 0.2) is 18.3 Å². The van der Waals surface area contributed by atoms with E-state index in [0.29, 0.717) is 38.3 Å². The van der Waals surface area contributed by atoms with Crippen LogP contribution in [0.5, 0.6) is 5.88 Å². The molecule has 0 unspecified atom stereocenters. The number of hydrogen-bond donors (Lipinski definition) is 1. The Labute approximate surface area is 121 Å². The molecule has 0 aromatic carbocycles. The van der Waals surface area contributed by atoms with E-state index in [-0.39, 0.29) is 0 Å². The topological polar surface area (TPSA) is 52.6 Å². The average Bonchev–Trinajstić information content (AvgIpc) is 2.45. The molecule has 0 saturated carbocycles. The summed E-state index contributed by atoms with van der Waals surface area (Å²) < 4.78 is 16.0. The van der Waals surface area contributed by atoms with Crippen molar-refractivity contribution >= 4 is 0 Å². The van der Waals surface area contributed by atoms with Crippen LogP contribution in [-0.4, -0.2) is 44.6 Å². The summed E-state index contributed by atoms with van der Waals surface area (Å²) in [4.78, 5) is 4.28.